The SMILES string of the molecule is CN(C(=O)N(CC(=O)O)CC(F)(F)F)C1CCOCC1. The summed E-state index contributed by atoms with van der Waals surface area (Å²) < 4.78 is 42.3. The van der Waals surface area contributed by atoms with Crippen LogP contribution in [0.5, 0.6) is 0 Å². The van der Waals surface area contributed by atoms with Crippen molar-refractivity contribution in [3.05, 3.63) is 0 Å². The molecule has 1 saturated heterocycles. The van der Waals surface area contributed by atoms with Crippen LogP contribution in [-0.2, 0) is 9.53 Å². The van der Waals surface area contributed by atoms with Crippen LogP contribution in [0, 0.1) is 0 Å². The van der Waals surface area contributed by atoms with Crippen molar-refractivity contribution in [2.75, 3.05) is 33.4 Å². The summed E-state index contributed by atoms with van der Waals surface area (Å²) in [5.74, 6) is -1.48. The number of amides is 2. The van der Waals surface area contributed by atoms with Gasteiger partial charge in [-0.2, -0.15) is 13.2 Å². The molecule has 0 radical (unpaired) electrons. The molecule has 0 bridgehead atoms. The first-order valence-electron chi connectivity index (χ1n) is 6.08. The van der Waals surface area contributed by atoms with Crippen LogP contribution >= 0.6 is 0 Å². The number of carboxylic acid groups (broad SMARTS) is 1. The first-order valence-corrected chi connectivity index (χ1v) is 6.08. The molecular formula is C11H17F3N2O4. The molecule has 1 fully saturated rings. The Kier molecular flexibility index (Phi) is 5.61. The lowest BCUT2D eigenvalue weighted by atomic mass is 10.1. The Hall–Kier alpha value is -1.51. The molecule has 1 N–H and O–H groups in total. The largest absolute Gasteiger partial charge is 0.480 e. The Bertz CT molecular complexity index is 356. The van der Waals surface area contributed by atoms with Crippen molar-refractivity contribution in [3.8, 4) is 0 Å². The zero-order chi connectivity index (χ0) is 15.3. The number of halogens is 3. The number of nitrogens with zero attached hydrogens (tertiary/aromatic N) is 2. The van der Waals surface area contributed by atoms with E-state index < -0.39 is 31.3 Å². The molecule has 0 aromatic heterocycles. The molecule has 20 heavy (non-hydrogen) atoms. The van der Waals surface area contributed by atoms with E-state index in [4.69, 9.17) is 9.84 Å². The molecule has 0 aromatic rings. The molecule has 2 amide bonds. The maximum atomic E-state index is 12.4. The Balaban J connectivity index is 2.72. The third kappa shape index (κ3) is 5.24. The Morgan fingerprint density at radius 2 is 1.85 bits per heavy atom. The minimum atomic E-state index is -4.64. The molecule has 9 heteroatoms. The van der Waals surface area contributed by atoms with E-state index in [-0.39, 0.29) is 10.9 Å². The van der Waals surface area contributed by atoms with Crippen LogP contribution in [0.1, 0.15) is 12.8 Å². The van der Waals surface area contributed by atoms with Gasteiger partial charge in [0.25, 0.3) is 0 Å². The second kappa shape index (κ2) is 6.78. The van der Waals surface area contributed by atoms with E-state index in [1.807, 2.05) is 0 Å². The third-order valence-corrected chi connectivity index (χ3v) is 3.01. The fourth-order valence-electron chi connectivity index (χ4n) is 2.02. The van der Waals surface area contributed by atoms with E-state index in [0.29, 0.717) is 26.1 Å². The van der Waals surface area contributed by atoms with Gasteiger partial charge in [0.2, 0.25) is 0 Å². The standard InChI is InChI=1S/C11H17F3N2O4/c1-15(8-2-4-20-5-3-8)10(19)16(6-9(17)18)7-11(12,13)14/h8H,2-7H2,1H3,(H,17,18). The molecule has 1 heterocycles. The van der Waals surface area contributed by atoms with Gasteiger partial charge in [0, 0.05) is 26.3 Å². The molecule has 0 aromatic carbocycles. The number of alkyl halides is 3. The van der Waals surface area contributed by atoms with Crippen molar-refractivity contribution in [3.63, 3.8) is 0 Å². The number of carbonyl (C=O) groups excluding carboxylic acids is 1. The number of ether oxygens (including phenoxy) is 1. The summed E-state index contributed by atoms with van der Waals surface area (Å²) in [7, 11) is 1.38. The van der Waals surface area contributed by atoms with Crippen molar-refractivity contribution in [2.45, 2.75) is 25.1 Å². The third-order valence-electron chi connectivity index (χ3n) is 3.01. The molecule has 1 rings (SSSR count). The average Bonchev–Trinajstić information content (AvgIpc) is 2.35. The fourth-order valence-corrected chi connectivity index (χ4v) is 2.02. The van der Waals surface area contributed by atoms with E-state index in [9.17, 15) is 22.8 Å². The van der Waals surface area contributed by atoms with Gasteiger partial charge in [0.1, 0.15) is 13.1 Å². The second-order valence-corrected chi connectivity index (χ2v) is 4.60. The maximum absolute atomic E-state index is 12.4. The zero-order valence-corrected chi connectivity index (χ0v) is 11.0. The van der Waals surface area contributed by atoms with Crippen molar-refractivity contribution in [1.82, 2.24) is 9.80 Å². The number of hydrogen-bond donors (Lipinski definition) is 1. The summed E-state index contributed by atoms with van der Waals surface area (Å²) in [6, 6.07) is -1.17. The van der Waals surface area contributed by atoms with Gasteiger partial charge in [0.15, 0.2) is 0 Å². The number of hydrogen-bond acceptors (Lipinski definition) is 3. The molecule has 6 nitrogen and oxygen atoms in total. The number of aliphatic carboxylic acids is 1. The summed E-state index contributed by atoms with van der Waals surface area (Å²) in [6.07, 6.45) is -3.59. The van der Waals surface area contributed by atoms with Crippen molar-refractivity contribution < 1.29 is 32.6 Å². The van der Waals surface area contributed by atoms with Gasteiger partial charge in [-0.1, -0.05) is 0 Å². The molecule has 0 atom stereocenters. The highest BCUT2D eigenvalue weighted by molar-refractivity contribution is 5.80. The lowest BCUT2D eigenvalue weighted by Gasteiger charge is -2.35. The summed E-state index contributed by atoms with van der Waals surface area (Å²) >= 11 is 0. The van der Waals surface area contributed by atoms with Crippen LogP contribution in [0.15, 0.2) is 0 Å². The van der Waals surface area contributed by atoms with Crippen LogP contribution in [0.25, 0.3) is 0 Å². The zero-order valence-electron chi connectivity index (χ0n) is 11.0. The van der Waals surface area contributed by atoms with E-state index in [0.717, 1.165) is 4.90 Å². The van der Waals surface area contributed by atoms with Gasteiger partial charge >= 0.3 is 18.2 Å². The van der Waals surface area contributed by atoms with Crippen LogP contribution in [-0.4, -0.2) is 72.5 Å². The monoisotopic (exact) mass is 298 g/mol. The summed E-state index contributed by atoms with van der Waals surface area (Å²) in [5, 5.41) is 8.62. The molecule has 1 aliphatic rings. The average molecular weight is 298 g/mol. The van der Waals surface area contributed by atoms with E-state index in [1.54, 1.807) is 0 Å². The molecule has 0 unspecified atom stereocenters. The van der Waals surface area contributed by atoms with Gasteiger partial charge in [-0.25, -0.2) is 4.79 Å². The number of urea groups is 1. The maximum Gasteiger partial charge on any atom is 0.406 e. The van der Waals surface area contributed by atoms with E-state index in [2.05, 4.69) is 0 Å². The van der Waals surface area contributed by atoms with Crippen molar-refractivity contribution in [2.24, 2.45) is 0 Å². The number of rotatable bonds is 4. The minimum Gasteiger partial charge on any atom is -0.480 e. The lowest BCUT2D eigenvalue weighted by Crippen LogP contribution is -2.51. The molecule has 0 spiro atoms. The summed E-state index contributed by atoms with van der Waals surface area (Å²) in [6.45, 7) is -1.70. The van der Waals surface area contributed by atoms with Gasteiger partial charge in [0.05, 0.1) is 0 Å². The fraction of sp³-hybridized carbons (Fsp3) is 0.818. The molecular weight excluding hydrogens is 281 g/mol. The highest BCUT2D eigenvalue weighted by Crippen LogP contribution is 2.19. The van der Waals surface area contributed by atoms with Crippen LogP contribution in [0.4, 0.5) is 18.0 Å². The van der Waals surface area contributed by atoms with E-state index in [1.165, 1.54) is 7.05 Å². The van der Waals surface area contributed by atoms with Gasteiger partial charge in [-0.3, -0.25) is 4.79 Å². The van der Waals surface area contributed by atoms with Crippen LogP contribution in [0.3, 0.4) is 0 Å². The van der Waals surface area contributed by atoms with Crippen LogP contribution < -0.4 is 0 Å². The van der Waals surface area contributed by atoms with Crippen molar-refractivity contribution >= 4 is 12.0 Å². The summed E-state index contributed by atoms with van der Waals surface area (Å²) in [5.41, 5.74) is 0. The minimum absolute atomic E-state index is 0.235. The smallest absolute Gasteiger partial charge is 0.406 e. The Labute approximate surface area is 114 Å². The molecule has 0 aliphatic carbocycles. The molecule has 116 valence electrons. The normalized spacial score (nSPS) is 16.8. The first kappa shape index (κ1) is 16.5. The van der Waals surface area contributed by atoms with Crippen molar-refractivity contribution in [1.29, 1.82) is 0 Å². The first-order chi connectivity index (χ1) is 9.20. The lowest BCUT2D eigenvalue weighted by molar-refractivity contribution is -0.150. The highest BCUT2D eigenvalue weighted by Gasteiger charge is 2.36. The van der Waals surface area contributed by atoms with Crippen LogP contribution in [0.2, 0.25) is 0 Å². The van der Waals surface area contributed by atoms with Gasteiger partial charge in [-0.15, -0.1) is 0 Å². The second-order valence-electron chi connectivity index (χ2n) is 4.60. The topological polar surface area (TPSA) is 70.1 Å². The predicted octanol–water partition coefficient (Wildman–Crippen LogP) is 1.17. The van der Waals surface area contributed by atoms with Gasteiger partial charge in [-0.05, 0) is 12.8 Å². The summed E-state index contributed by atoms with van der Waals surface area (Å²) in [4.78, 5) is 24.1. The molecule has 1 aliphatic heterocycles. The van der Waals surface area contributed by atoms with E-state index >= 15 is 0 Å². The Morgan fingerprint density at radius 1 is 1.30 bits per heavy atom. The Morgan fingerprint density at radius 3 is 2.30 bits per heavy atom. The molecule has 0 saturated carbocycles. The highest BCUT2D eigenvalue weighted by atomic mass is 19.4. The number of carboxylic acids is 1. The van der Waals surface area contributed by atoms with Gasteiger partial charge < -0.3 is 19.6 Å². The number of carbonyl (C=O) groups is 2. The quantitative estimate of drug-likeness (QED) is 0.845. The predicted molar refractivity (Wildman–Crippen MR) is 62.3 cm³/mol.